The zero-order valence-electron chi connectivity index (χ0n) is 20.2. The van der Waals surface area contributed by atoms with Gasteiger partial charge >= 0.3 is 17.9 Å². The van der Waals surface area contributed by atoms with E-state index in [1.54, 1.807) is 43.5 Å². The largest absolute Gasteiger partial charge is 0.478 e. The van der Waals surface area contributed by atoms with Gasteiger partial charge in [-0.15, -0.1) is 11.3 Å². The topological polar surface area (TPSA) is 106 Å². The number of nitrogens with one attached hydrogen (secondary N) is 1. The average molecular weight is 498 g/mol. The fourth-order valence-corrected chi connectivity index (χ4v) is 4.63. The Morgan fingerprint density at radius 1 is 1.11 bits per heavy atom. The van der Waals surface area contributed by atoms with E-state index in [4.69, 9.17) is 14.9 Å². The van der Waals surface area contributed by atoms with Crippen LogP contribution in [0, 0.1) is 5.41 Å². The molecule has 0 radical (unpaired) electrons. The molecule has 8 heteroatoms. The molecule has 186 valence electrons. The number of rotatable bonds is 11. The van der Waals surface area contributed by atoms with E-state index in [1.165, 1.54) is 12.1 Å². The maximum atomic E-state index is 13.1. The van der Waals surface area contributed by atoms with Gasteiger partial charge in [0.2, 0.25) is 0 Å². The summed E-state index contributed by atoms with van der Waals surface area (Å²) < 4.78 is 0. The third-order valence-electron chi connectivity index (χ3n) is 5.84. The first-order valence-electron chi connectivity index (χ1n) is 11.6. The number of hydrogen-bond donors (Lipinski definition) is 2. The SMILES string of the molecule is CCCCc1cc(C(Cc2ccc(C(=O)O)cc2)C(=O)OOC(=O)C(C)(C)Cc2cccs2)c[nH]1. The van der Waals surface area contributed by atoms with Gasteiger partial charge in [0, 0.05) is 16.8 Å². The van der Waals surface area contributed by atoms with Gasteiger partial charge in [-0.2, -0.15) is 0 Å². The zero-order chi connectivity index (χ0) is 25.4. The van der Waals surface area contributed by atoms with Crippen molar-refractivity contribution in [3.63, 3.8) is 0 Å². The van der Waals surface area contributed by atoms with Crippen LogP contribution in [-0.4, -0.2) is 28.0 Å². The van der Waals surface area contributed by atoms with E-state index in [0.717, 1.165) is 41.0 Å². The summed E-state index contributed by atoms with van der Waals surface area (Å²) in [5.74, 6) is -3.06. The molecule has 0 saturated heterocycles. The molecule has 0 spiro atoms. The highest BCUT2D eigenvalue weighted by molar-refractivity contribution is 7.09. The molecule has 0 saturated carbocycles. The highest BCUT2D eigenvalue weighted by Gasteiger charge is 2.34. The lowest BCUT2D eigenvalue weighted by Crippen LogP contribution is -2.30. The summed E-state index contributed by atoms with van der Waals surface area (Å²) in [6.07, 6.45) is 5.43. The average Bonchev–Trinajstić information content (AvgIpc) is 3.51. The van der Waals surface area contributed by atoms with Crippen LogP contribution in [0.15, 0.2) is 54.0 Å². The van der Waals surface area contributed by atoms with Crippen LogP contribution in [0.1, 0.15) is 71.6 Å². The van der Waals surface area contributed by atoms with Crippen molar-refractivity contribution in [3.05, 3.63) is 81.3 Å². The fraction of sp³-hybridized carbons (Fsp3) is 0.370. The van der Waals surface area contributed by atoms with E-state index in [2.05, 4.69) is 11.9 Å². The Bertz CT molecular complexity index is 1130. The number of carbonyl (C=O) groups excluding carboxylic acids is 2. The summed E-state index contributed by atoms with van der Waals surface area (Å²) in [6.45, 7) is 5.60. The number of aromatic amines is 1. The Balaban J connectivity index is 1.73. The molecule has 3 aromatic rings. The molecule has 2 aromatic heterocycles. The lowest BCUT2D eigenvalue weighted by Gasteiger charge is -2.21. The first-order valence-corrected chi connectivity index (χ1v) is 12.5. The van der Waals surface area contributed by atoms with E-state index in [1.807, 2.05) is 23.6 Å². The number of aromatic nitrogens is 1. The summed E-state index contributed by atoms with van der Waals surface area (Å²) in [6, 6.07) is 12.1. The lowest BCUT2D eigenvalue weighted by molar-refractivity contribution is -0.266. The first-order chi connectivity index (χ1) is 16.7. The minimum Gasteiger partial charge on any atom is -0.478 e. The van der Waals surface area contributed by atoms with Crippen molar-refractivity contribution in [2.45, 2.75) is 58.8 Å². The van der Waals surface area contributed by atoms with Crippen molar-refractivity contribution in [3.8, 4) is 0 Å². The Kier molecular flexibility index (Phi) is 8.87. The number of aromatic carboxylic acids is 1. The first kappa shape index (κ1) is 26.2. The molecule has 35 heavy (non-hydrogen) atoms. The van der Waals surface area contributed by atoms with Crippen LogP contribution < -0.4 is 0 Å². The number of carboxylic acids is 1. The lowest BCUT2D eigenvalue weighted by atomic mass is 9.89. The third kappa shape index (κ3) is 7.29. The summed E-state index contributed by atoms with van der Waals surface area (Å²) in [5, 5.41) is 11.1. The smallest absolute Gasteiger partial charge is 0.363 e. The van der Waals surface area contributed by atoms with Gasteiger partial charge in [-0.1, -0.05) is 31.5 Å². The summed E-state index contributed by atoms with van der Waals surface area (Å²) in [5.41, 5.74) is 1.79. The Labute approximate surface area is 209 Å². The molecule has 0 aliphatic carbocycles. The second-order valence-corrected chi connectivity index (χ2v) is 10.3. The molecular weight excluding hydrogens is 466 g/mol. The molecule has 0 aliphatic heterocycles. The zero-order valence-corrected chi connectivity index (χ0v) is 21.0. The molecule has 0 amide bonds. The number of carbonyl (C=O) groups is 3. The van der Waals surface area contributed by atoms with Crippen molar-refractivity contribution < 1.29 is 29.3 Å². The standard InChI is InChI=1S/C27H31NO6S/c1-4-5-7-21-15-20(17-28-21)23(14-18-9-11-19(12-10-18)24(29)30)25(31)33-34-26(32)27(2,3)16-22-8-6-13-35-22/h6,8-13,15,17,23,28H,4-5,7,14,16H2,1-3H3,(H,29,30). The quantitative estimate of drug-likeness (QED) is 0.259. The number of H-pyrrole nitrogens is 1. The van der Waals surface area contributed by atoms with Crippen LogP contribution in [0.25, 0.3) is 0 Å². The molecule has 1 aromatic carbocycles. The molecule has 3 rings (SSSR count). The molecule has 0 aliphatic rings. The van der Waals surface area contributed by atoms with Crippen LogP contribution in [-0.2, 0) is 38.6 Å². The van der Waals surface area contributed by atoms with Crippen LogP contribution in [0.2, 0.25) is 0 Å². The molecule has 0 fully saturated rings. The highest BCUT2D eigenvalue weighted by Crippen LogP contribution is 2.28. The predicted octanol–water partition coefficient (Wildman–Crippen LogP) is 5.71. The number of hydrogen-bond acceptors (Lipinski definition) is 6. The van der Waals surface area contributed by atoms with Crippen molar-refractivity contribution in [2.75, 3.05) is 0 Å². The van der Waals surface area contributed by atoms with E-state index >= 15 is 0 Å². The molecule has 7 nitrogen and oxygen atoms in total. The number of unbranched alkanes of at least 4 members (excludes halogenated alkanes) is 1. The van der Waals surface area contributed by atoms with Crippen LogP contribution in [0.4, 0.5) is 0 Å². The van der Waals surface area contributed by atoms with Crippen LogP contribution in [0.5, 0.6) is 0 Å². The van der Waals surface area contributed by atoms with Crippen molar-refractivity contribution in [2.24, 2.45) is 5.41 Å². The maximum absolute atomic E-state index is 13.1. The minimum atomic E-state index is -1.02. The van der Waals surface area contributed by atoms with Crippen LogP contribution >= 0.6 is 11.3 Å². The van der Waals surface area contributed by atoms with Gasteiger partial charge in [0.05, 0.1) is 16.9 Å². The second-order valence-electron chi connectivity index (χ2n) is 9.23. The van der Waals surface area contributed by atoms with Crippen molar-refractivity contribution >= 4 is 29.2 Å². The monoisotopic (exact) mass is 497 g/mol. The van der Waals surface area contributed by atoms with Gasteiger partial charge in [0.25, 0.3) is 0 Å². The summed E-state index contributed by atoms with van der Waals surface area (Å²) >= 11 is 1.55. The van der Waals surface area contributed by atoms with Crippen LogP contribution in [0.3, 0.4) is 0 Å². The molecule has 0 bridgehead atoms. The number of thiophene rings is 1. The molecule has 1 unspecified atom stereocenters. The predicted molar refractivity (Wildman–Crippen MR) is 133 cm³/mol. The minimum absolute atomic E-state index is 0.165. The maximum Gasteiger partial charge on any atom is 0.363 e. The number of aryl methyl sites for hydroxylation is 1. The molecule has 1 atom stereocenters. The second kappa shape index (κ2) is 11.8. The van der Waals surface area contributed by atoms with Gasteiger partial charge in [-0.25, -0.2) is 24.2 Å². The van der Waals surface area contributed by atoms with Gasteiger partial charge < -0.3 is 10.1 Å². The Morgan fingerprint density at radius 3 is 2.49 bits per heavy atom. The van der Waals surface area contributed by atoms with Crippen molar-refractivity contribution in [1.82, 2.24) is 4.98 Å². The van der Waals surface area contributed by atoms with E-state index in [-0.39, 0.29) is 12.0 Å². The van der Waals surface area contributed by atoms with Gasteiger partial charge in [0.1, 0.15) is 0 Å². The van der Waals surface area contributed by atoms with Gasteiger partial charge in [0.15, 0.2) is 0 Å². The fourth-order valence-electron chi connectivity index (χ4n) is 3.70. The summed E-state index contributed by atoms with van der Waals surface area (Å²) in [7, 11) is 0. The molecule has 2 N–H and O–H groups in total. The highest BCUT2D eigenvalue weighted by atomic mass is 32.1. The normalized spacial score (nSPS) is 12.2. The van der Waals surface area contributed by atoms with E-state index < -0.39 is 29.2 Å². The van der Waals surface area contributed by atoms with Gasteiger partial charge in [-0.3, -0.25) is 0 Å². The molecular formula is C27H31NO6S. The summed E-state index contributed by atoms with van der Waals surface area (Å²) in [4.78, 5) is 51.2. The Morgan fingerprint density at radius 2 is 1.86 bits per heavy atom. The van der Waals surface area contributed by atoms with Crippen molar-refractivity contribution in [1.29, 1.82) is 0 Å². The Hall–Kier alpha value is -3.39. The van der Waals surface area contributed by atoms with E-state index in [9.17, 15) is 14.4 Å². The number of benzene rings is 1. The van der Waals surface area contributed by atoms with Gasteiger partial charge in [-0.05, 0) is 80.3 Å². The molecule has 2 heterocycles. The third-order valence-corrected chi connectivity index (χ3v) is 6.72. The van der Waals surface area contributed by atoms with E-state index in [0.29, 0.717) is 6.42 Å². The number of carboxylic acid groups (broad SMARTS) is 1.